The third-order valence-electron chi connectivity index (χ3n) is 0.353. The molecule has 0 aromatic heterocycles. The van der Waals surface area contributed by atoms with E-state index < -0.39 is 0 Å². The smallest absolute Gasteiger partial charge is 0.126 e. The van der Waals surface area contributed by atoms with E-state index in [4.69, 9.17) is 5.11 Å². The molecule has 0 radical (unpaired) electrons. The second-order valence-corrected chi connectivity index (χ2v) is 2.32. The fourth-order valence-electron chi connectivity index (χ4n) is 0.129. The Morgan fingerprint density at radius 3 is 1.70 bits per heavy atom. The van der Waals surface area contributed by atoms with Gasteiger partial charge in [-0.05, 0) is 13.8 Å². The molecule has 0 aliphatic heterocycles. The largest absolute Gasteiger partial charge is 0.462 e. The first-order valence-corrected chi connectivity index (χ1v) is 3.12. The second-order valence-electron chi connectivity index (χ2n) is 2.32. The Kier molecular flexibility index (Phi) is 9.46. The Morgan fingerprint density at radius 2 is 1.70 bits per heavy atom. The van der Waals surface area contributed by atoms with Gasteiger partial charge < -0.3 is 9.90 Å². The lowest BCUT2D eigenvalue weighted by Gasteiger charge is -1.80. The summed E-state index contributed by atoms with van der Waals surface area (Å²) in [6, 6.07) is 0. The number of aliphatic hydroxyl groups is 1. The van der Waals surface area contributed by atoms with Crippen LogP contribution in [0.1, 0.15) is 27.7 Å². The van der Waals surface area contributed by atoms with E-state index >= 15 is 0 Å². The Labute approximate surface area is 62.3 Å². The van der Waals surface area contributed by atoms with Crippen LogP contribution in [0.3, 0.4) is 0 Å². The van der Waals surface area contributed by atoms with Crippen LogP contribution < -0.4 is 0 Å². The topological polar surface area (TPSA) is 37.3 Å². The highest BCUT2D eigenvalue weighted by Gasteiger charge is 1.77. The highest BCUT2D eigenvalue weighted by molar-refractivity contribution is 5.72. The van der Waals surface area contributed by atoms with Gasteiger partial charge in [0.2, 0.25) is 0 Å². The van der Waals surface area contributed by atoms with Crippen LogP contribution in [0, 0.1) is 17.9 Å². The molecule has 2 nitrogen and oxygen atoms in total. The number of Topliss-reactive ketones (excluding diaryl/α,β-unsaturated/α-hetero) is 1. The van der Waals surface area contributed by atoms with Crippen molar-refractivity contribution in [3.8, 4) is 12.0 Å². The minimum Gasteiger partial charge on any atom is -0.462 e. The summed E-state index contributed by atoms with van der Waals surface area (Å²) in [4.78, 5) is 9.44. The monoisotopic (exact) mass is 142 g/mol. The van der Waals surface area contributed by atoms with Gasteiger partial charge in [-0.15, -0.1) is 0 Å². The first-order valence-electron chi connectivity index (χ1n) is 3.12. The van der Waals surface area contributed by atoms with Crippen LogP contribution in [0.2, 0.25) is 0 Å². The summed E-state index contributed by atoms with van der Waals surface area (Å²) in [7, 11) is 0. The van der Waals surface area contributed by atoms with Crippen LogP contribution in [0.15, 0.2) is 0 Å². The van der Waals surface area contributed by atoms with Crippen molar-refractivity contribution in [2.45, 2.75) is 27.7 Å². The molecule has 1 N–H and O–H groups in total. The number of carbonyl (C=O) groups excluding carboxylic acids is 1. The van der Waals surface area contributed by atoms with Crippen molar-refractivity contribution < 1.29 is 9.90 Å². The normalized spacial score (nSPS) is 6.90. The Balaban J connectivity index is 0. The quantitative estimate of drug-likeness (QED) is 0.521. The molecular formula is C8H14O2. The molecule has 0 heterocycles. The van der Waals surface area contributed by atoms with Crippen LogP contribution in [0.4, 0.5) is 0 Å². The van der Waals surface area contributed by atoms with Crippen LogP contribution in [-0.2, 0) is 4.79 Å². The standard InChI is InChI=1S/C5H8O.C3H6O/c1-5(2)3-4-6;1-3(2)4/h5-6H,1-2H3;1-2H3. The molecule has 2 heteroatoms. The summed E-state index contributed by atoms with van der Waals surface area (Å²) < 4.78 is 0. The predicted molar refractivity (Wildman–Crippen MR) is 40.9 cm³/mol. The Bertz CT molecular complexity index is 133. The molecule has 0 bridgehead atoms. The molecule has 0 rings (SSSR count). The van der Waals surface area contributed by atoms with Crippen molar-refractivity contribution in [3.05, 3.63) is 0 Å². The van der Waals surface area contributed by atoms with Crippen molar-refractivity contribution in [1.29, 1.82) is 0 Å². The van der Waals surface area contributed by atoms with Crippen molar-refractivity contribution in [2.24, 2.45) is 5.92 Å². The molecule has 0 unspecified atom stereocenters. The first-order chi connectivity index (χ1) is 4.50. The van der Waals surface area contributed by atoms with E-state index in [9.17, 15) is 4.79 Å². The van der Waals surface area contributed by atoms with Crippen molar-refractivity contribution in [1.82, 2.24) is 0 Å². The van der Waals surface area contributed by atoms with Gasteiger partial charge in [-0.1, -0.05) is 19.8 Å². The van der Waals surface area contributed by atoms with Crippen LogP contribution in [0.5, 0.6) is 0 Å². The van der Waals surface area contributed by atoms with E-state index in [1.807, 2.05) is 20.0 Å². The minimum atomic E-state index is 0.167. The lowest BCUT2D eigenvalue weighted by Crippen LogP contribution is -1.75. The molecule has 0 aromatic carbocycles. The second kappa shape index (κ2) is 8.03. The molecule has 10 heavy (non-hydrogen) atoms. The number of rotatable bonds is 0. The number of hydrogen-bond acceptors (Lipinski definition) is 2. The Morgan fingerprint density at radius 1 is 1.40 bits per heavy atom. The number of ketones is 1. The molecule has 0 saturated heterocycles. The fourth-order valence-corrected chi connectivity index (χ4v) is 0.129. The highest BCUT2D eigenvalue weighted by atomic mass is 16.2. The summed E-state index contributed by atoms with van der Waals surface area (Å²) in [6.07, 6.45) is 1.82. The maximum atomic E-state index is 9.44. The van der Waals surface area contributed by atoms with Gasteiger partial charge in [0, 0.05) is 5.92 Å². The summed E-state index contributed by atoms with van der Waals surface area (Å²) in [5.74, 6) is 2.97. The zero-order valence-electron chi connectivity index (χ0n) is 6.93. The molecule has 0 atom stereocenters. The molecule has 0 aliphatic carbocycles. The zero-order valence-corrected chi connectivity index (χ0v) is 6.93. The predicted octanol–water partition coefficient (Wildman–Crippen LogP) is 1.57. The van der Waals surface area contributed by atoms with Gasteiger partial charge in [-0.2, -0.15) is 0 Å². The number of aliphatic hydroxyl groups excluding tert-OH is 1. The molecule has 0 aliphatic rings. The third-order valence-corrected chi connectivity index (χ3v) is 0.353. The molecule has 0 fully saturated rings. The highest BCUT2D eigenvalue weighted by Crippen LogP contribution is 1.83. The maximum absolute atomic E-state index is 9.44. The molecular weight excluding hydrogens is 128 g/mol. The lowest BCUT2D eigenvalue weighted by molar-refractivity contribution is -0.114. The van der Waals surface area contributed by atoms with E-state index in [1.54, 1.807) is 0 Å². The molecule has 0 saturated carbocycles. The van der Waals surface area contributed by atoms with E-state index in [0.29, 0.717) is 0 Å². The average molecular weight is 142 g/mol. The van der Waals surface area contributed by atoms with E-state index in [2.05, 4.69) is 5.92 Å². The number of hydrogen-bond donors (Lipinski definition) is 1. The third kappa shape index (κ3) is 62.0. The molecule has 0 amide bonds. The van der Waals surface area contributed by atoms with E-state index in [0.717, 1.165) is 0 Å². The van der Waals surface area contributed by atoms with E-state index in [-0.39, 0.29) is 11.7 Å². The maximum Gasteiger partial charge on any atom is 0.126 e. The minimum absolute atomic E-state index is 0.167. The lowest BCUT2D eigenvalue weighted by atomic mass is 10.2. The van der Waals surface area contributed by atoms with E-state index in [1.165, 1.54) is 13.8 Å². The van der Waals surface area contributed by atoms with Gasteiger partial charge in [0.25, 0.3) is 0 Å². The Hall–Kier alpha value is -0.970. The van der Waals surface area contributed by atoms with Crippen molar-refractivity contribution >= 4 is 5.78 Å². The van der Waals surface area contributed by atoms with Gasteiger partial charge >= 0.3 is 0 Å². The van der Waals surface area contributed by atoms with Gasteiger partial charge in [-0.25, -0.2) is 0 Å². The van der Waals surface area contributed by atoms with Crippen LogP contribution in [0.25, 0.3) is 0 Å². The SMILES string of the molecule is CC(C)=O.CC(C)C#CO. The summed E-state index contributed by atoms with van der Waals surface area (Å²) in [6.45, 7) is 6.90. The summed E-state index contributed by atoms with van der Waals surface area (Å²) >= 11 is 0. The van der Waals surface area contributed by atoms with Crippen molar-refractivity contribution in [2.75, 3.05) is 0 Å². The zero-order chi connectivity index (χ0) is 8.57. The first kappa shape index (κ1) is 11.8. The van der Waals surface area contributed by atoms with Gasteiger partial charge in [0.1, 0.15) is 11.9 Å². The van der Waals surface area contributed by atoms with Gasteiger partial charge in [0.15, 0.2) is 0 Å². The fraction of sp³-hybridized carbons (Fsp3) is 0.625. The van der Waals surface area contributed by atoms with Crippen molar-refractivity contribution in [3.63, 3.8) is 0 Å². The average Bonchev–Trinajstić information content (AvgIpc) is 1.62. The molecule has 0 aromatic rings. The molecule has 58 valence electrons. The van der Waals surface area contributed by atoms with Gasteiger partial charge in [-0.3, -0.25) is 0 Å². The summed E-state index contributed by atoms with van der Waals surface area (Å²) in [5.41, 5.74) is 0. The summed E-state index contributed by atoms with van der Waals surface area (Å²) in [5, 5.41) is 7.88. The van der Waals surface area contributed by atoms with Gasteiger partial charge in [0.05, 0.1) is 0 Å². The number of carbonyl (C=O) groups is 1. The van der Waals surface area contributed by atoms with Crippen LogP contribution in [-0.4, -0.2) is 10.9 Å². The molecule has 0 spiro atoms. The van der Waals surface area contributed by atoms with Crippen LogP contribution >= 0.6 is 0 Å².